The van der Waals surface area contributed by atoms with E-state index in [1.165, 1.54) is 22.3 Å². The molecule has 5 heteroatoms. The molecule has 0 aliphatic carbocycles. The molecule has 1 saturated heterocycles. The van der Waals surface area contributed by atoms with Crippen LogP contribution in [0.2, 0.25) is 0 Å². The van der Waals surface area contributed by atoms with Crippen molar-refractivity contribution in [3.63, 3.8) is 0 Å². The predicted molar refractivity (Wildman–Crippen MR) is 133 cm³/mol. The summed E-state index contributed by atoms with van der Waals surface area (Å²) in [5, 5.41) is 9.46. The number of nitrogens with zero attached hydrogens (tertiary/aromatic N) is 3. The highest BCUT2D eigenvalue weighted by Crippen LogP contribution is 2.30. The van der Waals surface area contributed by atoms with Crippen LogP contribution in [0.4, 0.5) is 5.82 Å². The van der Waals surface area contributed by atoms with Crippen molar-refractivity contribution in [1.82, 2.24) is 9.88 Å². The Bertz CT molecular complexity index is 1010. The minimum Gasteiger partial charge on any atom is -0.478 e. The van der Waals surface area contributed by atoms with Crippen LogP contribution < -0.4 is 4.90 Å². The van der Waals surface area contributed by atoms with Gasteiger partial charge in [-0.05, 0) is 56.5 Å². The van der Waals surface area contributed by atoms with Gasteiger partial charge in [-0.25, -0.2) is 9.78 Å². The molecule has 0 bridgehead atoms. The Hall–Kier alpha value is -3.18. The highest BCUT2D eigenvalue weighted by molar-refractivity contribution is 5.93. The van der Waals surface area contributed by atoms with E-state index in [4.69, 9.17) is 0 Å². The average Bonchev–Trinajstić information content (AvgIpc) is 2.84. The summed E-state index contributed by atoms with van der Waals surface area (Å²) in [6.07, 6.45) is 3.90. The average molecular weight is 444 g/mol. The van der Waals surface area contributed by atoms with Crippen molar-refractivity contribution in [2.45, 2.75) is 32.6 Å². The lowest BCUT2D eigenvalue weighted by Crippen LogP contribution is -2.47. The molecule has 1 aliphatic heterocycles. The highest BCUT2D eigenvalue weighted by atomic mass is 16.4. The summed E-state index contributed by atoms with van der Waals surface area (Å²) in [6, 6.07) is 21.2. The number of aromatic nitrogens is 1. The van der Waals surface area contributed by atoms with Crippen molar-refractivity contribution in [3.05, 3.63) is 94.7 Å². The van der Waals surface area contributed by atoms with Crippen molar-refractivity contribution in [3.8, 4) is 0 Å². The Kier molecular flexibility index (Phi) is 7.40. The number of carbonyl (C=O) groups is 1. The van der Waals surface area contributed by atoms with Gasteiger partial charge < -0.3 is 10.0 Å². The van der Waals surface area contributed by atoms with Gasteiger partial charge in [0.2, 0.25) is 0 Å². The zero-order valence-electron chi connectivity index (χ0n) is 19.6. The number of hydrogen-bond acceptors (Lipinski definition) is 4. The van der Waals surface area contributed by atoms with E-state index in [2.05, 4.69) is 77.2 Å². The highest BCUT2D eigenvalue weighted by Gasteiger charge is 2.22. The van der Waals surface area contributed by atoms with Crippen LogP contribution in [-0.2, 0) is 0 Å². The molecule has 1 fully saturated rings. The van der Waals surface area contributed by atoms with Crippen LogP contribution in [0.3, 0.4) is 0 Å². The maximum atomic E-state index is 11.5. The smallest absolute Gasteiger partial charge is 0.339 e. The summed E-state index contributed by atoms with van der Waals surface area (Å²) in [6.45, 7) is 8.78. The molecule has 2 heterocycles. The number of hydrogen-bond donors (Lipinski definition) is 1. The Morgan fingerprint density at radius 1 is 0.909 bits per heavy atom. The lowest BCUT2D eigenvalue weighted by molar-refractivity contribution is 0.0697. The van der Waals surface area contributed by atoms with E-state index in [0.29, 0.717) is 11.7 Å². The number of aryl methyl sites for hydroxylation is 2. The van der Waals surface area contributed by atoms with Gasteiger partial charge in [0.25, 0.3) is 0 Å². The molecule has 33 heavy (non-hydrogen) atoms. The molecular weight excluding hydrogens is 410 g/mol. The Labute approximate surface area is 196 Å². The monoisotopic (exact) mass is 443 g/mol. The number of carboxylic acid groups (broad SMARTS) is 1. The van der Waals surface area contributed by atoms with E-state index < -0.39 is 5.97 Å². The van der Waals surface area contributed by atoms with Crippen LogP contribution in [-0.4, -0.2) is 53.7 Å². The van der Waals surface area contributed by atoms with Gasteiger partial charge in [0, 0.05) is 38.3 Å². The van der Waals surface area contributed by atoms with E-state index in [1.807, 2.05) is 0 Å². The van der Waals surface area contributed by atoms with Crippen LogP contribution in [0.15, 0.2) is 66.9 Å². The fraction of sp³-hybridized carbons (Fsp3) is 0.357. The first-order valence-electron chi connectivity index (χ1n) is 11.8. The van der Waals surface area contributed by atoms with Gasteiger partial charge in [0.15, 0.2) is 0 Å². The summed E-state index contributed by atoms with van der Waals surface area (Å²) in [7, 11) is 0. The quantitative estimate of drug-likeness (QED) is 0.523. The molecule has 0 unspecified atom stereocenters. The zero-order valence-corrected chi connectivity index (χ0v) is 19.6. The van der Waals surface area contributed by atoms with Gasteiger partial charge in [-0.1, -0.05) is 59.7 Å². The third-order valence-corrected chi connectivity index (χ3v) is 6.62. The fourth-order valence-electron chi connectivity index (χ4n) is 4.64. The minimum absolute atomic E-state index is 0.282. The number of rotatable bonds is 8. The maximum absolute atomic E-state index is 11.5. The van der Waals surface area contributed by atoms with Crippen molar-refractivity contribution in [2.24, 2.45) is 0 Å². The first-order chi connectivity index (χ1) is 16.0. The van der Waals surface area contributed by atoms with Crippen LogP contribution >= 0.6 is 0 Å². The molecule has 0 spiro atoms. The van der Waals surface area contributed by atoms with E-state index >= 15 is 0 Å². The second kappa shape index (κ2) is 10.6. The fourth-order valence-corrected chi connectivity index (χ4v) is 4.64. The number of pyridine rings is 1. The summed E-state index contributed by atoms with van der Waals surface area (Å²) in [5.41, 5.74) is 5.62. The van der Waals surface area contributed by atoms with E-state index in [9.17, 15) is 9.90 Å². The molecule has 1 aromatic heterocycles. The van der Waals surface area contributed by atoms with Gasteiger partial charge >= 0.3 is 5.97 Å². The normalized spacial score (nSPS) is 14.6. The molecular formula is C28H33N3O2. The van der Waals surface area contributed by atoms with Gasteiger partial charge in [-0.3, -0.25) is 4.90 Å². The molecule has 1 aliphatic rings. The Morgan fingerprint density at radius 2 is 1.48 bits per heavy atom. The number of carboxylic acids is 1. The second-order valence-electron chi connectivity index (χ2n) is 9.02. The maximum Gasteiger partial charge on any atom is 0.339 e. The SMILES string of the molecule is Cc1ccc(C(CCCN2CCN(c3ncccc3C(=O)O)CC2)c2ccc(C)cc2)cc1. The molecule has 0 radical (unpaired) electrons. The summed E-state index contributed by atoms with van der Waals surface area (Å²) in [5.74, 6) is 0.0707. The third-order valence-electron chi connectivity index (χ3n) is 6.62. The van der Waals surface area contributed by atoms with Gasteiger partial charge in [-0.15, -0.1) is 0 Å². The lowest BCUT2D eigenvalue weighted by atomic mass is 9.86. The molecule has 0 saturated carbocycles. The Balaban J connectivity index is 1.35. The first-order valence-corrected chi connectivity index (χ1v) is 11.8. The number of anilines is 1. The molecule has 172 valence electrons. The minimum atomic E-state index is -0.918. The number of benzene rings is 2. The Morgan fingerprint density at radius 3 is 2.03 bits per heavy atom. The first kappa shape index (κ1) is 23.0. The molecule has 5 nitrogen and oxygen atoms in total. The van der Waals surface area contributed by atoms with Crippen molar-refractivity contribution < 1.29 is 9.90 Å². The van der Waals surface area contributed by atoms with Gasteiger partial charge in [-0.2, -0.15) is 0 Å². The van der Waals surface area contributed by atoms with Crippen LogP contribution in [0, 0.1) is 13.8 Å². The van der Waals surface area contributed by atoms with Gasteiger partial charge in [0.05, 0.1) is 0 Å². The summed E-state index contributed by atoms with van der Waals surface area (Å²) < 4.78 is 0. The van der Waals surface area contributed by atoms with E-state index in [1.54, 1.807) is 18.3 Å². The third kappa shape index (κ3) is 5.79. The van der Waals surface area contributed by atoms with Crippen molar-refractivity contribution in [2.75, 3.05) is 37.6 Å². The number of piperazine rings is 1. The lowest BCUT2D eigenvalue weighted by Gasteiger charge is -2.36. The molecule has 0 atom stereocenters. The molecule has 4 rings (SSSR count). The predicted octanol–water partition coefficient (Wildman–Crippen LogP) is 5.13. The standard InChI is InChI=1S/C28H33N3O2/c1-21-7-11-23(12-8-21)25(24-13-9-22(2)10-14-24)6-4-16-30-17-19-31(20-18-30)27-26(28(32)33)5-3-15-29-27/h3,5,7-15,25H,4,6,16-20H2,1-2H3,(H,32,33). The summed E-state index contributed by atoms with van der Waals surface area (Å²) >= 11 is 0. The van der Waals surface area contributed by atoms with Gasteiger partial charge in [0.1, 0.15) is 11.4 Å². The van der Waals surface area contributed by atoms with Crippen LogP contribution in [0.25, 0.3) is 0 Å². The van der Waals surface area contributed by atoms with Crippen LogP contribution in [0.1, 0.15) is 51.4 Å². The van der Waals surface area contributed by atoms with E-state index in [-0.39, 0.29) is 5.56 Å². The van der Waals surface area contributed by atoms with Crippen molar-refractivity contribution in [1.29, 1.82) is 0 Å². The molecule has 1 N–H and O–H groups in total. The largest absolute Gasteiger partial charge is 0.478 e. The molecule has 2 aromatic carbocycles. The molecule has 0 amide bonds. The second-order valence-corrected chi connectivity index (χ2v) is 9.02. The zero-order chi connectivity index (χ0) is 23.2. The van der Waals surface area contributed by atoms with Crippen molar-refractivity contribution >= 4 is 11.8 Å². The van der Waals surface area contributed by atoms with Crippen LogP contribution in [0.5, 0.6) is 0 Å². The molecule has 3 aromatic rings. The topological polar surface area (TPSA) is 56.7 Å². The number of aromatic carboxylic acids is 1. The van der Waals surface area contributed by atoms with E-state index in [0.717, 1.165) is 45.6 Å². The summed E-state index contributed by atoms with van der Waals surface area (Å²) in [4.78, 5) is 20.5.